The molecule has 0 aromatic rings. The van der Waals surface area contributed by atoms with Crippen molar-refractivity contribution in [1.29, 1.82) is 0 Å². The maximum Gasteiger partial charge on any atom is 0.130 e. The molecule has 0 aliphatic carbocycles. The zero-order chi connectivity index (χ0) is 10.6. The molecular formula is C10H21NO. The number of rotatable bonds is 3. The molecule has 0 aliphatic rings. The van der Waals surface area contributed by atoms with Gasteiger partial charge in [0, 0.05) is 12.1 Å². The van der Waals surface area contributed by atoms with Crippen molar-refractivity contribution >= 4 is 5.78 Å². The first-order chi connectivity index (χ1) is 5.63. The maximum atomic E-state index is 10.3. The first-order valence-electron chi connectivity index (χ1n) is 4.05. The fourth-order valence-corrected chi connectivity index (χ4v) is 0.337. The summed E-state index contributed by atoms with van der Waals surface area (Å²) in [5, 5.41) is 0. The number of hydrogen-bond acceptors (Lipinski definition) is 2. The van der Waals surface area contributed by atoms with Gasteiger partial charge in [-0.15, -0.1) is 13.2 Å². The van der Waals surface area contributed by atoms with E-state index in [2.05, 4.69) is 19.7 Å². The molecule has 2 N–H and O–H groups in total. The van der Waals surface area contributed by atoms with Crippen LogP contribution in [0, 0.1) is 0 Å². The number of hydrogen-bond donors (Lipinski definition) is 1. The molecule has 0 spiro atoms. The molecule has 0 aromatic carbocycles. The van der Waals surface area contributed by atoms with E-state index in [0.717, 1.165) is 0 Å². The minimum Gasteiger partial charge on any atom is -0.403 e. The van der Waals surface area contributed by atoms with Crippen molar-refractivity contribution in [2.24, 2.45) is 5.73 Å². The van der Waals surface area contributed by atoms with Crippen LogP contribution in [0.3, 0.4) is 0 Å². The monoisotopic (exact) mass is 171 g/mol. The fourth-order valence-electron chi connectivity index (χ4n) is 0.337. The van der Waals surface area contributed by atoms with Crippen LogP contribution in [0.25, 0.3) is 0 Å². The Bertz CT molecular complexity index is 105. The first kappa shape index (κ1) is 17.2. The van der Waals surface area contributed by atoms with Crippen molar-refractivity contribution in [3.05, 3.63) is 25.4 Å². The van der Waals surface area contributed by atoms with Crippen LogP contribution in [-0.2, 0) is 4.79 Å². The van der Waals surface area contributed by atoms with Gasteiger partial charge in [-0.3, -0.25) is 0 Å². The van der Waals surface area contributed by atoms with E-state index in [4.69, 9.17) is 5.73 Å². The summed E-state index contributed by atoms with van der Waals surface area (Å²) in [4.78, 5) is 10.3. The van der Waals surface area contributed by atoms with Crippen LogP contribution in [0.2, 0.25) is 0 Å². The van der Waals surface area contributed by atoms with Gasteiger partial charge in [0.05, 0.1) is 0 Å². The summed E-state index contributed by atoms with van der Waals surface area (Å²) < 4.78 is 0. The molecule has 2 heteroatoms. The van der Waals surface area contributed by atoms with Crippen LogP contribution in [0.15, 0.2) is 25.4 Å². The third-order valence-electron chi connectivity index (χ3n) is 0.798. The molecule has 2 nitrogen and oxygen atoms in total. The van der Waals surface area contributed by atoms with Crippen LogP contribution in [0.5, 0.6) is 0 Å². The highest BCUT2D eigenvalue weighted by Gasteiger charge is 1.91. The average Bonchev–Trinajstić information content (AvgIpc) is 2.08. The van der Waals surface area contributed by atoms with Gasteiger partial charge < -0.3 is 10.5 Å². The van der Waals surface area contributed by atoms with E-state index in [1.165, 1.54) is 0 Å². The van der Waals surface area contributed by atoms with Crippen LogP contribution in [0.1, 0.15) is 33.6 Å². The quantitative estimate of drug-likeness (QED) is 0.663. The number of carbonyl (C=O) groups is 1. The predicted molar refractivity (Wildman–Crippen MR) is 55.8 cm³/mol. The molecule has 12 heavy (non-hydrogen) atoms. The Morgan fingerprint density at radius 1 is 1.25 bits per heavy atom. The molecule has 0 saturated heterocycles. The molecule has 0 aromatic heterocycles. The lowest BCUT2D eigenvalue weighted by Gasteiger charge is -1.92. The Kier molecular flexibility index (Phi) is 23.6. The Balaban J connectivity index is -0.000000175. The van der Waals surface area contributed by atoms with Crippen molar-refractivity contribution in [3.63, 3.8) is 0 Å². The van der Waals surface area contributed by atoms with Gasteiger partial charge in [0.25, 0.3) is 0 Å². The molecule has 0 aliphatic heterocycles. The number of allylic oxidation sites excluding steroid dienone is 1. The molecule has 0 heterocycles. The maximum absolute atomic E-state index is 10.3. The number of Topliss-reactive ketones (excluding diaryl/α,β-unsaturated/α-hetero) is 1. The Labute approximate surface area is 76.2 Å². The van der Waals surface area contributed by atoms with Gasteiger partial charge in [-0.25, -0.2) is 0 Å². The second-order valence-electron chi connectivity index (χ2n) is 1.86. The standard InChI is InChI=1S/C6H11NO.C2H6.C2H4/c1-5(7)3-4-6(2)8;2*1-2/h1,3-4,7H2,2H3;1-2H3;1-2H2. The van der Waals surface area contributed by atoms with Crippen molar-refractivity contribution < 1.29 is 4.79 Å². The van der Waals surface area contributed by atoms with Crippen LogP contribution < -0.4 is 5.73 Å². The molecule has 0 amide bonds. The minimum absolute atomic E-state index is 0.164. The minimum atomic E-state index is 0.164. The molecule has 0 bridgehead atoms. The topological polar surface area (TPSA) is 43.1 Å². The molecule has 0 rings (SSSR count). The second-order valence-corrected chi connectivity index (χ2v) is 1.86. The third kappa shape index (κ3) is 36.3. The largest absolute Gasteiger partial charge is 0.403 e. The molecule has 0 saturated carbocycles. The summed E-state index contributed by atoms with van der Waals surface area (Å²) >= 11 is 0. The number of carbonyl (C=O) groups excluding carboxylic acids is 1. The molecule has 72 valence electrons. The normalized spacial score (nSPS) is 6.58. The lowest BCUT2D eigenvalue weighted by Crippen LogP contribution is -1.97. The van der Waals surface area contributed by atoms with E-state index in [1.807, 2.05) is 13.8 Å². The number of nitrogens with two attached hydrogens (primary N) is 1. The van der Waals surface area contributed by atoms with Gasteiger partial charge in [-0.2, -0.15) is 0 Å². The van der Waals surface area contributed by atoms with Crippen molar-refractivity contribution in [2.45, 2.75) is 33.6 Å². The van der Waals surface area contributed by atoms with Crippen molar-refractivity contribution in [2.75, 3.05) is 0 Å². The Morgan fingerprint density at radius 3 is 1.67 bits per heavy atom. The zero-order valence-corrected chi connectivity index (χ0v) is 8.52. The summed E-state index contributed by atoms with van der Waals surface area (Å²) in [5.41, 5.74) is 5.78. The third-order valence-corrected chi connectivity index (χ3v) is 0.798. The highest BCUT2D eigenvalue weighted by molar-refractivity contribution is 5.75. The average molecular weight is 171 g/mol. The molecule has 0 atom stereocenters. The van der Waals surface area contributed by atoms with Gasteiger partial charge in [0.15, 0.2) is 0 Å². The second kappa shape index (κ2) is 16.5. The SMILES string of the molecule is C=C.C=C(N)CCC(C)=O.CC. The molecule has 0 fully saturated rings. The summed E-state index contributed by atoms with van der Waals surface area (Å²) in [6.07, 6.45) is 1.14. The summed E-state index contributed by atoms with van der Waals surface area (Å²) in [7, 11) is 0. The lowest BCUT2D eigenvalue weighted by atomic mass is 10.2. The van der Waals surface area contributed by atoms with Gasteiger partial charge in [-0.1, -0.05) is 20.4 Å². The smallest absolute Gasteiger partial charge is 0.130 e. The highest BCUT2D eigenvalue weighted by atomic mass is 16.1. The summed E-state index contributed by atoms with van der Waals surface area (Å²) in [6, 6.07) is 0. The Morgan fingerprint density at radius 2 is 1.58 bits per heavy atom. The van der Waals surface area contributed by atoms with Crippen LogP contribution >= 0.6 is 0 Å². The fraction of sp³-hybridized carbons (Fsp3) is 0.500. The van der Waals surface area contributed by atoms with Crippen LogP contribution in [0.4, 0.5) is 0 Å². The van der Waals surface area contributed by atoms with Gasteiger partial charge in [-0.05, 0) is 13.3 Å². The zero-order valence-electron chi connectivity index (χ0n) is 8.52. The van der Waals surface area contributed by atoms with E-state index >= 15 is 0 Å². The van der Waals surface area contributed by atoms with Gasteiger partial charge in [0.1, 0.15) is 5.78 Å². The summed E-state index contributed by atoms with van der Waals surface area (Å²) in [5.74, 6) is 0.164. The number of ketones is 1. The van der Waals surface area contributed by atoms with Crippen LogP contribution in [-0.4, -0.2) is 5.78 Å². The first-order valence-corrected chi connectivity index (χ1v) is 4.05. The Hall–Kier alpha value is -1.05. The molecule has 0 unspecified atom stereocenters. The summed E-state index contributed by atoms with van der Waals surface area (Å²) in [6.45, 7) is 15.0. The predicted octanol–water partition coefficient (Wildman–Crippen LogP) is 2.66. The van der Waals surface area contributed by atoms with E-state index in [1.54, 1.807) is 6.92 Å². The lowest BCUT2D eigenvalue weighted by molar-refractivity contribution is -0.116. The van der Waals surface area contributed by atoms with Crippen molar-refractivity contribution in [3.8, 4) is 0 Å². The molecule has 0 radical (unpaired) electrons. The molecular weight excluding hydrogens is 150 g/mol. The van der Waals surface area contributed by atoms with Gasteiger partial charge in [0.2, 0.25) is 0 Å². The van der Waals surface area contributed by atoms with Crippen molar-refractivity contribution in [1.82, 2.24) is 0 Å². The van der Waals surface area contributed by atoms with E-state index < -0.39 is 0 Å². The van der Waals surface area contributed by atoms with E-state index in [9.17, 15) is 4.79 Å². The van der Waals surface area contributed by atoms with Gasteiger partial charge >= 0.3 is 0 Å². The van der Waals surface area contributed by atoms with E-state index in [-0.39, 0.29) is 5.78 Å². The van der Waals surface area contributed by atoms with E-state index in [0.29, 0.717) is 18.5 Å². The highest BCUT2D eigenvalue weighted by Crippen LogP contribution is 1.94.